The van der Waals surface area contributed by atoms with Crippen LogP contribution in [0.2, 0.25) is 0 Å². The zero-order chi connectivity index (χ0) is 14.0. The van der Waals surface area contributed by atoms with Gasteiger partial charge in [-0.3, -0.25) is 0 Å². The Morgan fingerprint density at radius 1 is 1.53 bits per heavy atom. The van der Waals surface area contributed by atoms with Crippen molar-refractivity contribution >= 4 is 6.09 Å². The van der Waals surface area contributed by atoms with Crippen LogP contribution in [0.5, 0.6) is 0 Å². The Hall–Kier alpha value is -1.76. The average molecular weight is 260 g/mol. The fourth-order valence-electron chi connectivity index (χ4n) is 2.53. The third kappa shape index (κ3) is 3.37. The lowest BCUT2D eigenvalue weighted by Crippen LogP contribution is -2.38. The van der Waals surface area contributed by atoms with Crippen LogP contribution in [0.3, 0.4) is 0 Å². The minimum atomic E-state index is -0.478. The van der Waals surface area contributed by atoms with Crippen LogP contribution in [0.25, 0.3) is 0 Å². The first-order valence-corrected chi connectivity index (χ1v) is 6.69. The number of hydrogen-bond acceptors (Lipinski definition) is 3. The quantitative estimate of drug-likeness (QED) is 0.788. The molecular formula is C15H20N2O2. The summed E-state index contributed by atoms with van der Waals surface area (Å²) in [5.74, 6) is -0.0148. The first-order chi connectivity index (χ1) is 8.89. The van der Waals surface area contributed by atoms with Crippen molar-refractivity contribution in [3.63, 3.8) is 0 Å². The molecule has 0 saturated heterocycles. The highest BCUT2D eigenvalue weighted by atomic mass is 16.6. The van der Waals surface area contributed by atoms with Gasteiger partial charge in [0, 0.05) is 0 Å². The molecule has 2 aliphatic carbocycles. The monoisotopic (exact) mass is 260 g/mol. The summed E-state index contributed by atoms with van der Waals surface area (Å²) in [6.45, 7) is 5.55. The number of alkyl carbamates (subject to hydrolysis) is 1. The number of rotatable bonds is 1. The van der Waals surface area contributed by atoms with Crippen molar-refractivity contribution in [1.82, 2.24) is 5.32 Å². The van der Waals surface area contributed by atoms with E-state index in [0.29, 0.717) is 0 Å². The second kappa shape index (κ2) is 5.08. The van der Waals surface area contributed by atoms with E-state index in [1.165, 1.54) is 5.57 Å². The van der Waals surface area contributed by atoms with Gasteiger partial charge in [-0.15, -0.1) is 0 Å². The summed E-state index contributed by atoms with van der Waals surface area (Å²) < 4.78 is 5.27. The highest BCUT2D eigenvalue weighted by Crippen LogP contribution is 2.36. The fourth-order valence-corrected chi connectivity index (χ4v) is 2.53. The van der Waals surface area contributed by atoms with Crippen LogP contribution in [0.15, 0.2) is 23.3 Å². The maximum Gasteiger partial charge on any atom is 0.408 e. The zero-order valence-electron chi connectivity index (χ0n) is 11.7. The van der Waals surface area contributed by atoms with Crippen LogP contribution in [0.1, 0.15) is 40.0 Å². The zero-order valence-corrected chi connectivity index (χ0v) is 11.7. The number of hydrogen-bond donors (Lipinski definition) is 1. The number of fused-ring (bicyclic) bond motifs is 1. The van der Waals surface area contributed by atoms with Crippen molar-refractivity contribution in [1.29, 1.82) is 5.26 Å². The van der Waals surface area contributed by atoms with E-state index in [2.05, 4.69) is 17.5 Å². The highest BCUT2D eigenvalue weighted by Gasteiger charge is 2.30. The predicted molar refractivity (Wildman–Crippen MR) is 72.3 cm³/mol. The van der Waals surface area contributed by atoms with Crippen LogP contribution in [-0.4, -0.2) is 17.7 Å². The summed E-state index contributed by atoms with van der Waals surface area (Å²) in [5.41, 5.74) is 1.89. The van der Waals surface area contributed by atoms with E-state index < -0.39 is 5.60 Å². The fraction of sp³-hybridized carbons (Fsp3) is 0.600. The molecule has 0 aliphatic heterocycles. The lowest BCUT2D eigenvalue weighted by molar-refractivity contribution is 0.0513. The van der Waals surface area contributed by atoms with Crippen molar-refractivity contribution in [2.24, 2.45) is 5.92 Å². The van der Waals surface area contributed by atoms with Crippen molar-refractivity contribution < 1.29 is 9.53 Å². The minimum Gasteiger partial charge on any atom is -0.444 e. The molecule has 0 aromatic carbocycles. The summed E-state index contributed by atoms with van der Waals surface area (Å²) >= 11 is 0. The van der Waals surface area contributed by atoms with Gasteiger partial charge in [0.15, 0.2) is 0 Å². The molecule has 1 fully saturated rings. The molecule has 0 spiro atoms. The molecule has 102 valence electrons. The van der Waals surface area contributed by atoms with Gasteiger partial charge in [0.1, 0.15) is 5.60 Å². The molecule has 1 N–H and O–H groups in total. The van der Waals surface area contributed by atoms with Gasteiger partial charge in [-0.25, -0.2) is 4.79 Å². The molecular weight excluding hydrogens is 240 g/mol. The van der Waals surface area contributed by atoms with Gasteiger partial charge in [0.05, 0.1) is 18.0 Å². The molecule has 1 saturated carbocycles. The number of nitriles is 1. The summed E-state index contributed by atoms with van der Waals surface area (Å²) in [5, 5.41) is 11.9. The Labute approximate surface area is 114 Å². The number of amides is 1. The minimum absolute atomic E-state index is 0.0148. The van der Waals surface area contributed by atoms with E-state index in [0.717, 1.165) is 24.8 Å². The molecule has 0 aromatic heterocycles. The molecule has 1 amide bonds. The van der Waals surface area contributed by atoms with E-state index in [1.54, 1.807) is 0 Å². The Balaban J connectivity index is 1.98. The molecule has 0 bridgehead atoms. The molecule has 4 nitrogen and oxygen atoms in total. The second-order valence-electron chi connectivity index (χ2n) is 6.06. The van der Waals surface area contributed by atoms with Crippen molar-refractivity contribution in [3.8, 4) is 6.07 Å². The SMILES string of the molecule is CC(C)(C)OC(=O)NC1CCC2=CC(C#N)CC=C21. The molecule has 19 heavy (non-hydrogen) atoms. The Bertz CT molecular complexity index is 477. The largest absolute Gasteiger partial charge is 0.444 e. The second-order valence-corrected chi connectivity index (χ2v) is 6.06. The Morgan fingerprint density at radius 2 is 2.26 bits per heavy atom. The van der Waals surface area contributed by atoms with E-state index in [1.807, 2.05) is 26.8 Å². The van der Waals surface area contributed by atoms with Crippen LogP contribution in [0, 0.1) is 17.2 Å². The van der Waals surface area contributed by atoms with Gasteiger partial charge in [0.25, 0.3) is 0 Å². The predicted octanol–water partition coefficient (Wildman–Crippen LogP) is 3.07. The van der Waals surface area contributed by atoms with Gasteiger partial charge >= 0.3 is 6.09 Å². The molecule has 0 aromatic rings. The van der Waals surface area contributed by atoms with Gasteiger partial charge in [-0.2, -0.15) is 5.26 Å². The number of nitrogens with zero attached hydrogens (tertiary/aromatic N) is 1. The highest BCUT2D eigenvalue weighted by molar-refractivity contribution is 5.69. The molecule has 2 aliphatic rings. The van der Waals surface area contributed by atoms with Crippen LogP contribution < -0.4 is 5.32 Å². The average Bonchev–Trinajstić information content (AvgIpc) is 2.69. The van der Waals surface area contributed by atoms with Crippen molar-refractivity contribution in [2.75, 3.05) is 0 Å². The topological polar surface area (TPSA) is 62.1 Å². The number of carbonyl (C=O) groups excluding carboxylic acids is 1. The Morgan fingerprint density at radius 3 is 2.89 bits per heavy atom. The van der Waals surface area contributed by atoms with E-state index in [-0.39, 0.29) is 18.1 Å². The van der Waals surface area contributed by atoms with Gasteiger partial charge in [-0.1, -0.05) is 12.2 Å². The van der Waals surface area contributed by atoms with E-state index >= 15 is 0 Å². The van der Waals surface area contributed by atoms with Crippen LogP contribution in [0.4, 0.5) is 4.79 Å². The maximum atomic E-state index is 11.8. The number of nitrogens with one attached hydrogen (secondary N) is 1. The van der Waals surface area contributed by atoms with E-state index in [4.69, 9.17) is 10.00 Å². The standard InChI is InChI=1S/C15H20N2O2/c1-15(2,3)19-14(18)17-13-7-5-11-8-10(9-16)4-6-12(11)13/h6,8,10,13H,4-5,7H2,1-3H3,(H,17,18). The van der Waals surface area contributed by atoms with Crippen LogP contribution >= 0.6 is 0 Å². The van der Waals surface area contributed by atoms with Crippen molar-refractivity contribution in [2.45, 2.75) is 51.7 Å². The molecule has 0 radical (unpaired) electrons. The number of carbonyl (C=O) groups is 1. The lowest BCUT2D eigenvalue weighted by atomic mass is 9.92. The summed E-state index contributed by atoms with van der Waals surface area (Å²) in [4.78, 5) is 11.8. The maximum absolute atomic E-state index is 11.8. The van der Waals surface area contributed by atoms with Gasteiger partial charge < -0.3 is 10.1 Å². The number of allylic oxidation sites excluding steroid dienone is 2. The van der Waals surface area contributed by atoms with Gasteiger partial charge in [0.2, 0.25) is 0 Å². The first-order valence-electron chi connectivity index (χ1n) is 6.69. The smallest absolute Gasteiger partial charge is 0.408 e. The third-order valence-electron chi connectivity index (χ3n) is 3.30. The Kier molecular flexibility index (Phi) is 3.66. The van der Waals surface area contributed by atoms with Crippen LogP contribution in [-0.2, 0) is 4.74 Å². The lowest BCUT2D eigenvalue weighted by Gasteiger charge is -2.23. The summed E-state index contributed by atoms with van der Waals surface area (Å²) in [6.07, 6.45) is 6.29. The molecule has 0 heterocycles. The van der Waals surface area contributed by atoms with Crippen molar-refractivity contribution in [3.05, 3.63) is 23.3 Å². The molecule has 4 heteroatoms. The third-order valence-corrected chi connectivity index (χ3v) is 3.30. The summed E-state index contributed by atoms with van der Waals surface area (Å²) in [6, 6.07) is 2.30. The molecule has 2 unspecified atom stereocenters. The first kappa shape index (κ1) is 13.7. The van der Waals surface area contributed by atoms with Gasteiger partial charge in [-0.05, 0) is 51.2 Å². The molecule has 2 atom stereocenters. The molecule has 2 rings (SSSR count). The summed E-state index contributed by atoms with van der Waals surface area (Å²) in [7, 11) is 0. The van der Waals surface area contributed by atoms with E-state index in [9.17, 15) is 4.79 Å². The number of ether oxygens (including phenoxy) is 1. The normalized spacial score (nSPS) is 25.8.